The summed E-state index contributed by atoms with van der Waals surface area (Å²) in [5.41, 5.74) is 0. The van der Waals surface area contributed by atoms with E-state index in [0.717, 1.165) is 12.8 Å². The molecule has 1 amide bonds. The van der Waals surface area contributed by atoms with Gasteiger partial charge in [-0.2, -0.15) is 0 Å². The number of nitrogens with one attached hydrogen (secondary N) is 1. The lowest BCUT2D eigenvalue weighted by Gasteiger charge is -2.34. The minimum Gasteiger partial charge on any atom is -0.323 e. The second-order valence-corrected chi connectivity index (χ2v) is 7.48. The first-order valence-corrected chi connectivity index (χ1v) is 8.59. The van der Waals surface area contributed by atoms with Crippen molar-refractivity contribution in [2.75, 3.05) is 11.5 Å². The summed E-state index contributed by atoms with van der Waals surface area (Å²) in [6, 6.07) is 0.00325. The molecule has 2 aliphatic heterocycles. The van der Waals surface area contributed by atoms with Crippen LogP contribution < -0.4 is 5.32 Å². The van der Waals surface area contributed by atoms with Crippen LogP contribution in [0.2, 0.25) is 0 Å². The Hall–Kier alpha value is -0.620. The number of hydrogen-bond donors (Lipinski definition) is 1. The van der Waals surface area contributed by atoms with Gasteiger partial charge in [0.15, 0.2) is 0 Å². The fourth-order valence-electron chi connectivity index (χ4n) is 2.91. The second kappa shape index (κ2) is 5.17. The van der Waals surface area contributed by atoms with E-state index in [0.29, 0.717) is 12.8 Å². The Morgan fingerprint density at radius 2 is 1.83 bits per heavy atom. The molecule has 5 nitrogen and oxygen atoms in total. The maximum absolute atomic E-state index is 12.3. The molecule has 0 aliphatic carbocycles. The summed E-state index contributed by atoms with van der Waals surface area (Å²) in [6.45, 7) is 4.05. The molecule has 2 unspecified atom stereocenters. The Kier molecular flexibility index (Phi) is 3.96. The van der Waals surface area contributed by atoms with E-state index < -0.39 is 9.84 Å². The molecule has 2 fully saturated rings. The van der Waals surface area contributed by atoms with Crippen molar-refractivity contribution >= 4 is 15.7 Å². The van der Waals surface area contributed by atoms with E-state index in [2.05, 4.69) is 12.2 Å². The summed E-state index contributed by atoms with van der Waals surface area (Å²) < 4.78 is 22.9. The van der Waals surface area contributed by atoms with Crippen molar-refractivity contribution in [3.63, 3.8) is 0 Å². The first-order chi connectivity index (χ1) is 8.48. The van der Waals surface area contributed by atoms with Gasteiger partial charge in [0, 0.05) is 6.04 Å². The Morgan fingerprint density at radius 3 is 2.33 bits per heavy atom. The highest BCUT2D eigenvalue weighted by Gasteiger charge is 2.42. The van der Waals surface area contributed by atoms with E-state index >= 15 is 0 Å². The highest BCUT2D eigenvalue weighted by molar-refractivity contribution is 7.91. The first kappa shape index (κ1) is 13.8. The fourth-order valence-corrected chi connectivity index (χ4v) is 4.38. The van der Waals surface area contributed by atoms with Crippen LogP contribution in [0.15, 0.2) is 0 Å². The Bertz CT molecular complexity index is 407. The van der Waals surface area contributed by atoms with Gasteiger partial charge in [0.1, 0.15) is 9.84 Å². The highest BCUT2D eigenvalue weighted by Crippen LogP contribution is 2.25. The van der Waals surface area contributed by atoms with Crippen LogP contribution in [0.25, 0.3) is 0 Å². The van der Waals surface area contributed by atoms with Crippen molar-refractivity contribution in [1.82, 2.24) is 10.2 Å². The minimum absolute atomic E-state index is 0.0771. The molecule has 0 aromatic rings. The molecular formula is C12H22N2O3S. The molecule has 2 heterocycles. The van der Waals surface area contributed by atoms with E-state index in [4.69, 9.17) is 0 Å². The molecule has 2 rings (SSSR count). The maximum Gasteiger partial charge on any atom is 0.241 e. The van der Waals surface area contributed by atoms with E-state index in [-0.39, 0.29) is 35.7 Å². The second-order valence-electron chi connectivity index (χ2n) is 5.18. The molecule has 18 heavy (non-hydrogen) atoms. The highest BCUT2D eigenvalue weighted by atomic mass is 32.2. The Labute approximate surface area is 109 Å². The van der Waals surface area contributed by atoms with Gasteiger partial charge in [0.05, 0.1) is 23.7 Å². The summed E-state index contributed by atoms with van der Waals surface area (Å²) in [7, 11) is -2.86. The third kappa shape index (κ3) is 2.54. The molecule has 2 aliphatic rings. The SMILES string of the molecule is CCC1NC(CC)N(C2CCS(=O)(=O)CC2)C1=O. The molecule has 0 aromatic carbocycles. The molecule has 0 spiro atoms. The van der Waals surface area contributed by atoms with Gasteiger partial charge in [-0.1, -0.05) is 13.8 Å². The first-order valence-electron chi connectivity index (χ1n) is 6.77. The topological polar surface area (TPSA) is 66.5 Å². The quantitative estimate of drug-likeness (QED) is 0.814. The van der Waals surface area contributed by atoms with Crippen molar-refractivity contribution in [2.45, 2.75) is 57.8 Å². The monoisotopic (exact) mass is 274 g/mol. The molecule has 2 saturated heterocycles. The lowest BCUT2D eigenvalue weighted by atomic mass is 10.1. The minimum atomic E-state index is -2.86. The van der Waals surface area contributed by atoms with Crippen LogP contribution in [-0.4, -0.2) is 49.0 Å². The molecule has 104 valence electrons. The van der Waals surface area contributed by atoms with Gasteiger partial charge < -0.3 is 4.90 Å². The lowest BCUT2D eigenvalue weighted by molar-refractivity contribution is -0.132. The Morgan fingerprint density at radius 1 is 1.22 bits per heavy atom. The predicted molar refractivity (Wildman–Crippen MR) is 69.8 cm³/mol. The molecular weight excluding hydrogens is 252 g/mol. The maximum atomic E-state index is 12.3. The number of carbonyl (C=O) groups is 1. The molecule has 0 aromatic heterocycles. The van der Waals surface area contributed by atoms with E-state index in [1.165, 1.54) is 0 Å². The largest absolute Gasteiger partial charge is 0.323 e. The van der Waals surface area contributed by atoms with Crippen LogP contribution in [-0.2, 0) is 14.6 Å². The van der Waals surface area contributed by atoms with E-state index in [1.807, 2.05) is 11.8 Å². The van der Waals surface area contributed by atoms with Crippen molar-refractivity contribution in [2.24, 2.45) is 0 Å². The summed E-state index contributed by atoms with van der Waals surface area (Å²) >= 11 is 0. The summed E-state index contributed by atoms with van der Waals surface area (Å²) in [6.07, 6.45) is 2.90. The van der Waals surface area contributed by atoms with Crippen LogP contribution >= 0.6 is 0 Å². The van der Waals surface area contributed by atoms with Crippen molar-refractivity contribution < 1.29 is 13.2 Å². The van der Waals surface area contributed by atoms with Gasteiger partial charge in [-0.05, 0) is 25.7 Å². The molecule has 1 N–H and O–H groups in total. The van der Waals surface area contributed by atoms with Gasteiger partial charge in [-0.25, -0.2) is 8.42 Å². The molecule has 0 radical (unpaired) electrons. The molecule has 2 atom stereocenters. The average molecular weight is 274 g/mol. The predicted octanol–water partition coefficient (Wildman–Crippen LogP) is 0.510. The van der Waals surface area contributed by atoms with Gasteiger partial charge in [-0.15, -0.1) is 0 Å². The van der Waals surface area contributed by atoms with E-state index in [9.17, 15) is 13.2 Å². The molecule has 6 heteroatoms. The summed E-state index contributed by atoms with van der Waals surface area (Å²) in [4.78, 5) is 14.2. The number of nitrogens with zero attached hydrogens (tertiary/aromatic N) is 1. The van der Waals surface area contributed by atoms with Crippen molar-refractivity contribution in [3.05, 3.63) is 0 Å². The van der Waals surface area contributed by atoms with Crippen molar-refractivity contribution in [1.29, 1.82) is 0 Å². The fraction of sp³-hybridized carbons (Fsp3) is 0.917. The summed E-state index contributed by atoms with van der Waals surface area (Å²) in [5.74, 6) is 0.581. The molecule has 0 bridgehead atoms. The normalized spacial score (nSPS) is 33.0. The smallest absolute Gasteiger partial charge is 0.241 e. The van der Waals surface area contributed by atoms with Crippen LogP contribution in [0, 0.1) is 0 Å². The zero-order valence-electron chi connectivity index (χ0n) is 11.1. The lowest BCUT2D eigenvalue weighted by Crippen LogP contribution is -2.47. The van der Waals surface area contributed by atoms with Crippen LogP contribution in [0.3, 0.4) is 0 Å². The average Bonchev–Trinajstić information content (AvgIpc) is 2.66. The van der Waals surface area contributed by atoms with Gasteiger partial charge in [0.25, 0.3) is 0 Å². The van der Waals surface area contributed by atoms with Crippen LogP contribution in [0.1, 0.15) is 39.5 Å². The number of hydrogen-bond acceptors (Lipinski definition) is 4. The van der Waals surface area contributed by atoms with Gasteiger partial charge in [0.2, 0.25) is 5.91 Å². The van der Waals surface area contributed by atoms with Gasteiger partial charge >= 0.3 is 0 Å². The zero-order chi connectivity index (χ0) is 13.3. The molecule has 0 saturated carbocycles. The number of rotatable bonds is 3. The van der Waals surface area contributed by atoms with Crippen molar-refractivity contribution in [3.8, 4) is 0 Å². The van der Waals surface area contributed by atoms with Gasteiger partial charge in [-0.3, -0.25) is 10.1 Å². The Balaban J connectivity index is 2.09. The number of carbonyl (C=O) groups excluding carboxylic acids is 1. The third-order valence-electron chi connectivity index (χ3n) is 3.99. The number of amides is 1. The summed E-state index contributed by atoms with van der Waals surface area (Å²) in [5, 5.41) is 3.34. The van der Waals surface area contributed by atoms with Crippen LogP contribution in [0.4, 0.5) is 0 Å². The third-order valence-corrected chi connectivity index (χ3v) is 5.71. The zero-order valence-corrected chi connectivity index (χ0v) is 11.9. The van der Waals surface area contributed by atoms with E-state index in [1.54, 1.807) is 0 Å². The number of sulfone groups is 1. The van der Waals surface area contributed by atoms with Crippen LogP contribution in [0.5, 0.6) is 0 Å². The standard InChI is InChI=1S/C12H22N2O3S/c1-3-10-12(15)14(11(4-2)13-10)9-5-7-18(16,17)8-6-9/h9-11,13H,3-8H2,1-2H3.